The van der Waals surface area contributed by atoms with E-state index in [0.29, 0.717) is 11.4 Å². The van der Waals surface area contributed by atoms with E-state index in [1.54, 1.807) is 36.4 Å². The second kappa shape index (κ2) is 7.49. The summed E-state index contributed by atoms with van der Waals surface area (Å²) in [4.78, 5) is 23.7. The van der Waals surface area contributed by atoms with Crippen molar-refractivity contribution in [3.63, 3.8) is 0 Å². The number of hydrogen-bond acceptors (Lipinski definition) is 4. The largest absolute Gasteiger partial charge is 0.469 e. The van der Waals surface area contributed by atoms with Crippen LogP contribution in [0.1, 0.15) is 16.1 Å². The SMILES string of the molecule is COC(=O)Cc1cccc(NC(=O)c2ccc(-c3ccccc3)o2)c1. The molecule has 3 aromatic rings. The number of rotatable bonds is 5. The lowest BCUT2D eigenvalue weighted by Crippen LogP contribution is -2.11. The summed E-state index contributed by atoms with van der Waals surface area (Å²) in [6.07, 6.45) is 0.152. The molecule has 0 saturated carbocycles. The van der Waals surface area contributed by atoms with Crippen molar-refractivity contribution >= 4 is 17.6 Å². The molecule has 1 aromatic heterocycles. The molecule has 5 nitrogen and oxygen atoms in total. The predicted octanol–water partition coefficient (Wildman–Crippen LogP) is 3.91. The first-order valence-electron chi connectivity index (χ1n) is 7.78. The molecule has 25 heavy (non-hydrogen) atoms. The van der Waals surface area contributed by atoms with Crippen molar-refractivity contribution in [2.45, 2.75) is 6.42 Å². The number of carbonyl (C=O) groups is 2. The number of ether oxygens (including phenoxy) is 1. The quantitative estimate of drug-likeness (QED) is 0.718. The van der Waals surface area contributed by atoms with Crippen LogP contribution in [0.2, 0.25) is 0 Å². The van der Waals surface area contributed by atoms with Gasteiger partial charge in [-0.2, -0.15) is 0 Å². The molecule has 1 heterocycles. The Hall–Kier alpha value is -3.34. The van der Waals surface area contributed by atoms with Crippen LogP contribution in [0.5, 0.6) is 0 Å². The summed E-state index contributed by atoms with van der Waals surface area (Å²) in [7, 11) is 1.34. The molecule has 0 saturated heterocycles. The molecule has 0 radical (unpaired) electrons. The van der Waals surface area contributed by atoms with Gasteiger partial charge in [0, 0.05) is 11.3 Å². The van der Waals surface area contributed by atoms with E-state index in [1.807, 2.05) is 30.3 Å². The van der Waals surface area contributed by atoms with Gasteiger partial charge in [-0.3, -0.25) is 9.59 Å². The first kappa shape index (κ1) is 16.5. The van der Waals surface area contributed by atoms with Gasteiger partial charge < -0.3 is 14.5 Å². The highest BCUT2D eigenvalue weighted by atomic mass is 16.5. The van der Waals surface area contributed by atoms with Crippen LogP contribution in [0, 0.1) is 0 Å². The van der Waals surface area contributed by atoms with Crippen molar-refractivity contribution in [1.82, 2.24) is 0 Å². The summed E-state index contributed by atoms with van der Waals surface area (Å²) in [5.41, 5.74) is 2.25. The smallest absolute Gasteiger partial charge is 0.309 e. The first-order valence-corrected chi connectivity index (χ1v) is 7.78. The number of esters is 1. The van der Waals surface area contributed by atoms with Crippen molar-refractivity contribution in [3.8, 4) is 11.3 Å². The van der Waals surface area contributed by atoms with Crippen molar-refractivity contribution < 1.29 is 18.7 Å². The van der Waals surface area contributed by atoms with E-state index in [0.717, 1.165) is 11.1 Å². The Kier molecular flexibility index (Phi) is 4.95. The van der Waals surface area contributed by atoms with Crippen LogP contribution >= 0.6 is 0 Å². The number of furan rings is 1. The Bertz CT molecular complexity index is 883. The summed E-state index contributed by atoms with van der Waals surface area (Å²) in [5.74, 6) is 0.168. The van der Waals surface area contributed by atoms with Crippen LogP contribution in [0.3, 0.4) is 0 Å². The van der Waals surface area contributed by atoms with Crippen molar-refractivity contribution in [2.75, 3.05) is 12.4 Å². The monoisotopic (exact) mass is 335 g/mol. The maximum atomic E-state index is 12.4. The summed E-state index contributed by atoms with van der Waals surface area (Å²) in [6.45, 7) is 0. The highest BCUT2D eigenvalue weighted by molar-refractivity contribution is 6.02. The van der Waals surface area contributed by atoms with Gasteiger partial charge >= 0.3 is 5.97 Å². The lowest BCUT2D eigenvalue weighted by molar-refractivity contribution is -0.139. The van der Waals surface area contributed by atoms with Gasteiger partial charge in [0.05, 0.1) is 13.5 Å². The van der Waals surface area contributed by atoms with E-state index >= 15 is 0 Å². The van der Waals surface area contributed by atoms with Crippen LogP contribution in [0.25, 0.3) is 11.3 Å². The summed E-state index contributed by atoms with van der Waals surface area (Å²) in [6, 6.07) is 20.0. The average molecular weight is 335 g/mol. The van der Waals surface area contributed by atoms with Crippen LogP contribution in [0.4, 0.5) is 5.69 Å². The zero-order chi connectivity index (χ0) is 17.6. The van der Waals surface area contributed by atoms with Gasteiger partial charge in [0.25, 0.3) is 5.91 Å². The molecular weight excluding hydrogens is 318 g/mol. The molecule has 0 bridgehead atoms. The summed E-state index contributed by atoms with van der Waals surface area (Å²) < 4.78 is 10.3. The number of nitrogens with one attached hydrogen (secondary N) is 1. The molecule has 2 aromatic carbocycles. The van der Waals surface area contributed by atoms with Gasteiger partial charge in [-0.25, -0.2) is 0 Å². The number of benzene rings is 2. The van der Waals surface area contributed by atoms with Crippen LogP contribution in [-0.2, 0) is 16.0 Å². The van der Waals surface area contributed by atoms with E-state index in [2.05, 4.69) is 10.1 Å². The normalized spacial score (nSPS) is 10.3. The van der Waals surface area contributed by atoms with Crippen LogP contribution in [0.15, 0.2) is 71.1 Å². The van der Waals surface area contributed by atoms with E-state index in [9.17, 15) is 9.59 Å². The fourth-order valence-corrected chi connectivity index (χ4v) is 2.41. The Morgan fingerprint density at radius 2 is 1.80 bits per heavy atom. The molecule has 1 N–H and O–H groups in total. The average Bonchev–Trinajstić information content (AvgIpc) is 3.13. The van der Waals surface area contributed by atoms with Crippen molar-refractivity contribution in [3.05, 3.63) is 78.1 Å². The Morgan fingerprint density at radius 3 is 2.56 bits per heavy atom. The predicted molar refractivity (Wildman–Crippen MR) is 94.3 cm³/mol. The molecule has 0 spiro atoms. The van der Waals surface area contributed by atoms with E-state index < -0.39 is 0 Å². The zero-order valence-electron chi connectivity index (χ0n) is 13.7. The van der Waals surface area contributed by atoms with Gasteiger partial charge in [0.15, 0.2) is 5.76 Å². The Balaban J connectivity index is 1.71. The lowest BCUT2D eigenvalue weighted by Gasteiger charge is -2.06. The number of amides is 1. The molecular formula is C20H17NO4. The maximum absolute atomic E-state index is 12.4. The van der Waals surface area contributed by atoms with Gasteiger partial charge in [0.2, 0.25) is 0 Å². The molecule has 126 valence electrons. The highest BCUT2D eigenvalue weighted by Gasteiger charge is 2.13. The third-order valence-corrected chi connectivity index (χ3v) is 3.65. The van der Waals surface area contributed by atoms with Crippen molar-refractivity contribution in [1.29, 1.82) is 0 Å². The standard InChI is InChI=1S/C20H17NO4/c1-24-19(22)13-14-6-5-9-16(12-14)21-20(23)18-11-10-17(25-18)15-7-3-2-4-8-15/h2-12H,13H2,1H3,(H,21,23). The highest BCUT2D eigenvalue weighted by Crippen LogP contribution is 2.22. The van der Waals surface area contributed by atoms with E-state index in [-0.39, 0.29) is 24.1 Å². The second-order valence-electron chi connectivity index (χ2n) is 5.44. The van der Waals surface area contributed by atoms with Gasteiger partial charge in [-0.05, 0) is 29.8 Å². The number of carbonyl (C=O) groups excluding carboxylic acids is 2. The Morgan fingerprint density at radius 1 is 1.00 bits per heavy atom. The lowest BCUT2D eigenvalue weighted by atomic mass is 10.1. The van der Waals surface area contributed by atoms with Crippen LogP contribution in [-0.4, -0.2) is 19.0 Å². The third-order valence-electron chi connectivity index (χ3n) is 3.65. The van der Waals surface area contributed by atoms with E-state index in [1.165, 1.54) is 7.11 Å². The molecule has 3 rings (SSSR count). The second-order valence-corrected chi connectivity index (χ2v) is 5.44. The molecule has 0 aliphatic heterocycles. The fourth-order valence-electron chi connectivity index (χ4n) is 2.41. The molecule has 5 heteroatoms. The molecule has 0 atom stereocenters. The third kappa shape index (κ3) is 4.14. The first-order chi connectivity index (χ1) is 12.2. The topological polar surface area (TPSA) is 68.5 Å². The minimum atomic E-state index is -0.350. The minimum absolute atomic E-state index is 0.152. The molecule has 0 fully saturated rings. The maximum Gasteiger partial charge on any atom is 0.309 e. The number of anilines is 1. The van der Waals surface area contributed by atoms with Crippen LogP contribution < -0.4 is 5.32 Å². The molecule has 0 unspecified atom stereocenters. The summed E-state index contributed by atoms with van der Waals surface area (Å²) in [5, 5.41) is 2.77. The number of methoxy groups -OCH3 is 1. The zero-order valence-corrected chi connectivity index (χ0v) is 13.7. The molecule has 0 aliphatic carbocycles. The number of hydrogen-bond donors (Lipinski definition) is 1. The van der Waals surface area contributed by atoms with Gasteiger partial charge in [-0.15, -0.1) is 0 Å². The molecule has 1 amide bonds. The van der Waals surface area contributed by atoms with Gasteiger partial charge in [-0.1, -0.05) is 42.5 Å². The van der Waals surface area contributed by atoms with E-state index in [4.69, 9.17) is 4.42 Å². The summed E-state index contributed by atoms with van der Waals surface area (Å²) >= 11 is 0. The minimum Gasteiger partial charge on any atom is -0.469 e. The Labute approximate surface area is 145 Å². The van der Waals surface area contributed by atoms with Crippen molar-refractivity contribution in [2.24, 2.45) is 0 Å². The fraction of sp³-hybridized carbons (Fsp3) is 0.100. The van der Waals surface area contributed by atoms with Gasteiger partial charge in [0.1, 0.15) is 5.76 Å². The molecule has 0 aliphatic rings.